The fourth-order valence-electron chi connectivity index (χ4n) is 5.38. The molecule has 0 aliphatic rings. The highest BCUT2D eigenvalue weighted by Gasteiger charge is 2.29. The predicted octanol–water partition coefficient (Wildman–Crippen LogP) is 5.68. The smallest absolute Gasteiger partial charge is 0.422 e. The predicted molar refractivity (Wildman–Crippen MR) is 218 cm³/mol. The summed E-state index contributed by atoms with van der Waals surface area (Å²) in [4.78, 5) is 54.0. The van der Waals surface area contributed by atoms with Crippen molar-refractivity contribution in [1.82, 2.24) is 35.1 Å². The molecule has 0 aliphatic heterocycles. The van der Waals surface area contributed by atoms with E-state index in [1.54, 1.807) is 12.4 Å². The zero-order chi connectivity index (χ0) is 44.7. The highest BCUT2D eigenvalue weighted by Crippen LogP contribution is 2.22. The molecule has 4 heterocycles. The molecule has 0 saturated heterocycles. The maximum absolute atomic E-state index is 12.4. The van der Waals surface area contributed by atoms with Gasteiger partial charge in [-0.05, 0) is 24.3 Å². The van der Waals surface area contributed by atoms with Crippen LogP contribution in [0, 0.1) is 0 Å². The number of amides is 3. The van der Waals surface area contributed by atoms with Gasteiger partial charge in [0.2, 0.25) is 11.8 Å². The number of para-hydroxylation sites is 2. The molecular weight excluding hydrogens is 854 g/mol. The second-order valence-corrected chi connectivity index (χ2v) is 12.8. The summed E-state index contributed by atoms with van der Waals surface area (Å²) in [6.45, 7) is -1.90. The largest absolute Gasteiger partial charge is 0.478 e. The lowest BCUT2D eigenvalue weighted by Gasteiger charge is -2.09. The number of alkyl halides is 6. The number of halogens is 7. The van der Waals surface area contributed by atoms with Gasteiger partial charge < -0.3 is 45.4 Å². The van der Waals surface area contributed by atoms with Crippen molar-refractivity contribution in [3.8, 4) is 11.8 Å². The molecule has 62 heavy (non-hydrogen) atoms. The molecule has 0 atom stereocenters. The number of aromatic nitrogens is 4. The van der Waals surface area contributed by atoms with Gasteiger partial charge in [0.15, 0.2) is 13.2 Å². The van der Waals surface area contributed by atoms with E-state index in [0.29, 0.717) is 24.2 Å². The second kappa shape index (κ2) is 22.7. The summed E-state index contributed by atoms with van der Waals surface area (Å²) in [5.41, 5.74) is 8.37. The summed E-state index contributed by atoms with van der Waals surface area (Å²) in [6, 6.07) is 20.0. The van der Waals surface area contributed by atoms with E-state index < -0.39 is 43.4 Å². The first-order valence-electron chi connectivity index (χ1n) is 18.0. The van der Waals surface area contributed by atoms with Crippen LogP contribution in [0.5, 0.6) is 11.8 Å². The third-order valence-corrected chi connectivity index (χ3v) is 8.16. The van der Waals surface area contributed by atoms with Crippen LogP contribution in [-0.4, -0.2) is 99.6 Å². The van der Waals surface area contributed by atoms with E-state index in [4.69, 9.17) is 10.8 Å². The third-order valence-electron chi connectivity index (χ3n) is 8.16. The van der Waals surface area contributed by atoms with Crippen LogP contribution in [0.15, 0.2) is 97.6 Å². The van der Waals surface area contributed by atoms with Gasteiger partial charge in [0.25, 0.3) is 17.7 Å². The summed E-state index contributed by atoms with van der Waals surface area (Å²) in [5.74, 6) is -2.42. The highest BCUT2D eigenvalue weighted by atomic mass is 35.5. The van der Waals surface area contributed by atoms with E-state index in [-0.39, 0.29) is 54.3 Å². The van der Waals surface area contributed by atoms with Crippen molar-refractivity contribution in [2.24, 2.45) is 19.8 Å². The molecular formula is C40H41ClF6N8O7. The molecule has 0 fully saturated rings. The Labute approximate surface area is 355 Å². The molecule has 332 valence electrons. The SMILES string of the molecule is Cl.Cn1cc(C(=O)NCCNC(=O)c2ccc(OCC(F)(F)F)nc2)c2ccccc21.Cn1cc(C(=O)O)c2ccccc21.NCCNC(=O)c1ccc(OCC(F)(F)F)nc1. The number of carboxylic acid groups (broad SMARTS) is 1. The molecule has 0 spiro atoms. The van der Waals surface area contributed by atoms with Crippen molar-refractivity contribution in [2.45, 2.75) is 12.4 Å². The Morgan fingerprint density at radius 2 is 1.03 bits per heavy atom. The third kappa shape index (κ3) is 15.0. The van der Waals surface area contributed by atoms with Crippen molar-refractivity contribution < 1.29 is 60.1 Å². The van der Waals surface area contributed by atoms with E-state index >= 15 is 0 Å². The molecule has 0 bridgehead atoms. The minimum Gasteiger partial charge on any atom is -0.478 e. The minimum atomic E-state index is -4.46. The van der Waals surface area contributed by atoms with E-state index in [2.05, 4.69) is 35.4 Å². The standard InChI is InChI=1S/C20H19F3N4O3.C10H12F3N3O2.C10H9NO2.ClH/c1-27-11-15(14-4-2-3-5-16(14)27)19(29)25-9-8-24-18(28)13-6-7-17(26-10-13)30-12-20(21,22)23;11-10(12,13)6-18-8-2-1-7(5-16-8)9(17)15-4-3-14;1-11-6-8(10(12)13)7-4-2-3-5-9(7)11;/h2-7,10-11H,8-9,12H2,1H3,(H,24,28)(H,25,29);1-2,5H,3-4,6,14H2,(H,15,17);2-6H,1H3,(H,12,13);1H. The van der Waals surface area contributed by atoms with Crippen LogP contribution in [0.2, 0.25) is 0 Å². The molecule has 6 N–H and O–H groups in total. The number of benzene rings is 2. The number of carboxylic acids is 1. The van der Waals surface area contributed by atoms with Crippen LogP contribution in [0.3, 0.4) is 0 Å². The van der Waals surface area contributed by atoms with Gasteiger partial charge in [-0.15, -0.1) is 12.4 Å². The van der Waals surface area contributed by atoms with Gasteiger partial charge in [0.1, 0.15) is 0 Å². The van der Waals surface area contributed by atoms with Crippen LogP contribution in [-0.2, 0) is 14.1 Å². The number of pyridine rings is 2. The molecule has 4 aromatic heterocycles. The monoisotopic (exact) mass is 894 g/mol. The van der Waals surface area contributed by atoms with Gasteiger partial charge in [-0.2, -0.15) is 26.3 Å². The Morgan fingerprint density at radius 1 is 0.629 bits per heavy atom. The summed E-state index contributed by atoms with van der Waals surface area (Å²) in [7, 11) is 3.70. The Hall–Kier alpha value is -6.87. The van der Waals surface area contributed by atoms with Crippen molar-refractivity contribution in [2.75, 3.05) is 39.4 Å². The Bertz CT molecular complexity index is 2420. The second-order valence-electron chi connectivity index (χ2n) is 12.8. The van der Waals surface area contributed by atoms with E-state index in [9.17, 15) is 45.5 Å². The van der Waals surface area contributed by atoms with Crippen molar-refractivity contribution in [3.05, 3.63) is 120 Å². The number of hydrogen-bond donors (Lipinski definition) is 5. The van der Waals surface area contributed by atoms with Gasteiger partial charge in [-0.25, -0.2) is 14.8 Å². The van der Waals surface area contributed by atoms with Gasteiger partial charge >= 0.3 is 18.3 Å². The molecule has 6 rings (SSSR count). The Balaban J connectivity index is 0.000000271. The zero-order valence-corrected chi connectivity index (χ0v) is 33.7. The highest BCUT2D eigenvalue weighted by molar-refractivity contribution is 6.07. The molecule has 0 aliphatic carbocycles. The summed E-state index contributed by atoms with van der Waals surface area (Å²) in [6.07, 6.45) is -3.25. The molecule has 2 aromatic carbocycles. The number of aryl methyl sites for hydroxylation is 2. The lowest BCUT2D eigenvalue weighted by Crippen LogP contribution is -2.34. The van der Waals surface area contributed by atoms with Gasteiger partial charge in [-0.3, -0.25) is 14.4 Å². The minimum absolute atomic E-state index is 0. The maximum Gasteiger partial charge on any atom is 0.422 e. The normalized spacial score (nSPS) is 10.9. The molecule has 0 unspecified atom stereocenters. The molecule has 0 radical (unpaired) electrons. The molecule has 22 heteroatoms. The maximum atomic E-state index is 12.4. The number of ether oxygens (including phenoxy) is 2. The first-order valence-corrected chi connectivity index (χ1v) is 18.0. The lowest BCUT2D eigenvalue weighted by molar-refractivity contribution is -0.154. The number of carbonyl (C=O) groups excluding carboxylic acids is 3. The summed E-state index contributed by atoms with van der Waals surface area (Å²) >= 11 is 0. The summed E-state index contributed by atoms with van der Waals surface area (Å²) in [5, 5.41) is 18.4. The fraction of sp³-hybridized carbons (Fsp3) is 0.250. The number of fused-ring (bicyclic) bond motifs is 2. The molecule has 6 aromatic rings. The zero-order valence-electron chi connectivity index (χ0n) is 32.9. The average molecular weight is 895 g/mol. The number of hydrogen-bond acceptors (Lipinski definition) is 9. The number of carbonyl (C=O) groups is 4. The summed E-state index contributed by atoms with van der Waals surface area (Å²) < 4.78 is 84.5. The van der Waals surface area contributed by atoms with Gasteiger partial charge in [0, 0.05) is 99.0 Å². The number of nitrogens with two attached hydrogens (primary N) is 1. The first-order chi connectivity index (χ1) is 28.9. The Kier molecular flexibility index (Phi) is 18.1. The number of nitrogens with zero attached hydrogens (tertiary/aromatic N) is 4. The van der Waals surface area contributed by atoms with Gasteiger partial charge in [0.05, 0.1) is 22.3 Å². The van der Waals surface area contributed by atoms with Crippen LogP contribution in [0.1, 0.15) is 41.4 Å². The van der Waals surface area contributed by atoms with Crippen LogP contribution < -0.4 is 31.2 Å². The average Bonchev–Trinajstić information content (AvgIpc) is 3.76. The van der Waals surface area contributed by atoms with Gasteiger partial charge in [-0.1, -0.05) is 36.4 Å². The van der Waals surface area contributed by atoms with E-state index in [1.807, 2.05) is 71.8 Å². The van der Waals surface area contributed by atoms with Crippen LogP contribution >= 0.6 is 12.4 Å². The van der Waals surface area contributed by atoms with Crippen LogP contribution in [0.25, 0.3) is 21.8 Å². The number of nitrogens with one attached hydrogen (secondary N) is 3. The number of rotatable bonds is 13. The lowest BCUT2D eigenvalue weighted by atomic mass is 10.1. The van der Waals surface area contributed by atoms with Crippen molar-refractivity contribution in [3.63, 3.8) is 0 Å². The van der Waals surface area contributed by atoms with E-state index in [0.717, 1.165) is 34.2 Å². The molecule has 0 saturated carbocycles. The van der Waals surface area contributed by atoms with Crippen molar-refractivity contribution >= 4 is 57.9 Å². The van der Waals surface area contributed by atoms with E-state index in [1.165, 1.54) is 24.3 Å². The topological polar surface area (TPSA) is 205 Å². The molecule has 15 nitrogen and oxygen atoms in total. The van der Waals surface area contributed by atoms with Crippen LogP contribution in [0.4, 0.5) is 26.3 Å². The number of aromatic carboxylic acids is 1. The molecule has 3 amide bonds. The Morgan fingerprint density at radius 3 is 1.44 bits per heavy atom. The quantitative estimate of drug-likeness (QED) is 0.0709. The fourth-order valence-corrected chi connectivity index (χ4v) is 5.38. The first kappa shape index (κ1) is 49.5. The van der Waals surface area contributed by atoms with Crippen molar-refractivity contribution in [1.29, 1.82) is 0 Å².